The summed E-state index contributed by atoms with van der Waals surface area (Å²) in [5.74, 6) is -0.557. The van der Waals surface area contributed by atoms with Crippen molar-refractivity contribution in [3.8, 4) is 5.75 Å². The van der Waals surface area contributed by atoms with E-state index in [1.54, 1.807) is 24.3 Å². The summed E-state index contributed by atoms with van der Waals surface area (Å²) in [7, 11) is 0. The molecule has 0 unspecified atom stereocenters. The van der Waals surface area contributed by atoms with Crippen molar-refractivity contribution in [2.75, 3.05) is 0 Å². The zero-order chi connectivity index (χ0) is 14.0. The number of hydrogen-bond donors (Lipinski definition) is 1. The molecule has 19 heavy (non-hydrogen) atoms. The van der Waals surface area contributed by atoms with Crippen LogP contribution in [0.3, 0.4) is 0 Å². The molecule has 0 aliphatic rings. The predicted molar refractivity (Wildman–Crippen MR) is 71.4 cm³/mol. The lowest BCUT2D eigenvalue weighted by atomic mass is 10.1. The number of benzene rings is 1. The summed E-state index contributed by atoms with van der Waals surface area (Å²) in [4.78, 5) is 22.2. The van der Waals surface area contributed by atoms with Crippen molar-refractivity contribution in [3.05, 3.63) is 44.7 Å². The maximum atomic E-state index is 12.1. The number of pyridine rings is 1. The Hall–Kier alpha value is -2.37. The van der Waals surface area contributed by atoms with Crippen LogP contribution in [0, 0.1) is 10.1 Å². The van der Waals surface area contributed by atoms with E-state index in [4.69, 9.17) is 0 Å². The van der Waals surface area contributed by atoms with E-state index >= 15 is 0 Å². The molecule has 6 nitrogen and oxygen atoms in total. The highest BCUT2D eigenvalue weighted by Gasteiger charge is 2.24. The SMILES string of the molecule is CCCCn1c(=O)c([N+](=O)[O-])c(O)c2ccccc21. The molecule has 2 rings (SSSR count). The number of fused-ring (bicyclic) bond motifs is 1. The molecule has 1 N–H and O–H groups in total. The van der Waals surface area contributed by atoms with Gasteiger partial charge in [-0.05, 0) is 18.6 Å². The number of para-hydroxylation sites is 1. The monoisotopic (exact) mass is 262 g/mol. The Morgan fingerprint density at radius 2 is 2.05 bits per heavy atom. The first-order valence-corrected chi connectivity index (χ1v) is 6.06. The number of nitrogens with zero attached hydrogens (tertiary/aromatic N) is 2. The smallest absolute Gasteiger partial charge is 0.375 e. The van der Waals surface area contributed by atoms with E-state index in [-0.39, 0.29) is 0 Å². The van der Waals surface area contributed by atoms with Gasteiger partial charge in [0.2, 0.25) is 5.75 Å². The van der Waals surface area contributed by atoms with Crippen molar-refractivity contribution in [1.82, 2.24) is 4.57 Å². The van der Waals surface area contributed by atoms with Crippen molar-refractivity contribution in [1.29, 1.82) is 0 Å². The number of rotatable bonds is 4. The first kappa shape index (κ1) is 13.1. The van der Waals surface area contributed by atoms with Crippen LogP contribution in [0.4, 0.5) is 5.69 Å². The van der Waals surface area contributed by atoms with Crippen molar-refractivity contribution in [2.45, 2.75) is 26.3 Å². The molecule has 0 aliphatic carbocycles. The summed E-state index contributed by atoms with van der Waals surface area (Å²) in [6.45, 7) is 2.37. The minimum Gasteiger partial charge on any atom is -0.501 e. The first-order valence-electron chi connectivity index (χ1n) is 6.06. The molecule has 1 aromatic heterocycles. The topological polar surface area (TPSA) is 85.4 Å². The standard InChI is InChI=1S/C13H14N2O4/c1-2-3-8-14-10-7-5-4-6-9(10)12(16)11(13(14)17)15(18)19/h4-7,16H,2-3,8H2,1H3. The van der Waals surface area contributed by atoms with Crippen LogP contribution >= 0.6 is 0 Å². The van der Waals surface area contributed by atoms with Crippen LogP contribution in [-0.2, 0) is 6.54 Å². The normalized spacial score (nSPS) is 10.8. The van der Waals surface area contributed by atoms with E-state index in [0.717, 1.165) is 12.8 Å². The molecule has 1 aromatic carbocycles. The van der Waals surface area contributed by atoms with Crippen molar-refractivity contribution >= 4 is 16.6 Å². The Morgan fingerprint density at radius 3 is 2.68 bits per heavy atom. The highest BCUT2D eigenvalue weighted by Crippen LogP contribution is 2.30. The first-order chi connectivity index (χ1) is 9.07. The van der Waals surface area contributed by atoms with E-state index in [2.05, 4.69) is 0 Å². The van der Waals surface area contributed by atoms with Crippen LogP contribution in [0.2, 0.25) is 0 Å². The molecule has 0 bridgehead atoms. The summed E-state index contributed by atoms with van der Waals surface area (Å²) in [5, 5.41) is 21.2. The van der Waals surface area contributed by atoms with Crippen molar-refractivity contribution in [2.24, 2.45) is 0 Å². The molecular formula is C13H14N2O4. The molecule has 0 saturated heterocycles. The van der Waals surface area contributed by atoms with Gasteiger partial charge >= 0.3 is 11.2 Å². The van der Waals surface area contributed by atoms with Gasteiger partial charge in [-0.3, -0.25) is 14.9 Å². The van der Waals surface area contributed by atoms with Gasteiger partial charge in [-0.2, -0.15) is 0 Å². The molecule has 0 fully saturated rings. The van der Waals surface area contributed by atoms with E-state index < -0.39 is 21.9 Å². The lowest BCUT2D eigenvalue weighted by molar-refractivity contribution is -0.387. The Balaban J connectivity index is 2.84. The molecule has 2 aromatic rings. The quantitative estimate of drug-likeness (QED) is 0.677. The van der Waals surface area contributed by atoms with Gasteiger partial charge in [-0.1, -0.05) is 25.5 Å². The highest BCUT2D eigenvalue weighted by atomic mass is 16.6. The number of aromatic hydroxyl groups is 1. The molecule has 1 heterocycles. The van der Waals surface area contributed by atoms with Crippen LogP contribution in [0.1, 0.15) is 19.8 Å². The lowest BCUT2D eigenvalue weighted by Crippen LogP contribution is -2.23. The van der Waals surface area contributed by atoms with Crippen LogP contribution < -0.4 is 5.56 Å². The second kappa shape index (κ2) is 5.09. The molecule has 0 radical (unpaired) electrons. The second-order valence-corrected chi connectivity index (χ2v) is 4.28. The van der Waals surface area contributed by atoms with Gasteiger partial charge < -0.3 is 9.67 Å². The Bertz CT molecular complexity index is 691. The van der Waals surface area contributed by atoms with Gasteiger partial charge in [-0.15, -0.1) is 0 Å². The number of unbranched alkanes of at least 4 members (excludes halogenated alkanes) is 1. The van der Waals surface area contributed by atoms with E-state index in [1.807, 2.05) is 6.92 Å². The van der Waals surface area contributed by atoms with Crippen molar-refractivity contribution in [3.63, 3.8) is 0 Å². The third-order valence-electron chi connectivity index (χ3n) is 3.04. The summed E-state index contributed by atoms with van der Waals surface area (Å²) in [5.41, 5.74) is -0.992. The Kier molecular flexibility index (Phi) is 3.50. The predicted octanol–water partition coefficient (Wildman–Crippen LogP) is 2.42. The van der Waals surface area contributed by atoms with E-state index in [1.165, 1.54) is 4.57 Å². The third-order valence-corrected chi connectivity index (χ3v) is 3.04. The molecule has 6 heteroatoms. The van der Waals surface area contributed by atoms with E-state index in [9.17, 15) is 20.0 Å². The van der Waals surface area contributed by atoms with Gasteiger partial charge in [0, 0.05) is 11.9 Å². The summed E-state index contributed by atoms with van der Waals surface area (Å²) < 4.78 is 1.36. The van der Waals surface area contributed by atoms with Gasteiger partial charge in [0.1, 0.15) is 0 Å². The van der Waals surface area contributed by atoms with Crippen LogP contribution in [0.15, 0.2) is 29.1 Å². The van der Waals surface area contributed by atoms with Crippen LogP contribution in [0.25, 0.3) is 10.9 Å². The molecule has 0 aliphatic heterocycles. The van der Waals surface area contributed by atoms with Gasteiger partial charge in [0.15, 0.2) is 0 Å². The second-order valence-electron chi connectivity index (χ2n) is 4.28. The third kappa shape index (κ3) is 2.16. The summed E-state index contributed by atoms with van der Waals surface area (Å²) >= 11 is 0. The largest absolute Gasteiger partial charge is 0.501 e. The van der Waals surface area contributed by atoms with Gasteiger partial charge in [-0.25, -0.2) is 0 Å². The Labute approximate surface area is 109 Å². The van der Waals surface area contributed by atoms with E-state index in [0.29, 0.717) is 17.4 Å². The van der Waals surface area contributed by atoms with Crippen LogP contribution in [0.5, 0.6) is 5.75 Å². The number of aromatic nitrogens is 1. The minimum atomic E-state index is -0.827. The average Bonchev–Trinajstić information content (AvgIpc) is 2.38. The number of hydrogen-bond acceptors (Lipinski definition) is 4. The van der Waals surface area contributed by atoms with Gasteiger partial charge in [0.05, 0.1) is 10.4 Å². The highest BCUT2D eigenvalue weighted by molar-refractivity contribution is 5.88. The van der Waals surface area contributed by atoms with Crippen LogP contribution in [-0.4, -0.2) is 14.6 Å². The number of aryl methyl sites for hydroxylation is 1. The maximum Gasteiger partial charge on any atom is 0.375 e. The zero-order valence-electron chi connectivity index (χ0n) is 10.5. The van der Waals surface area contributed by atoms with Crippen molar-refractivity contribution < 1.29 is 10.0 Å². The molecule has 0 spiro atoms. The molecule has 100 valence electrons. The number of nitro groups is 1. The minimum absolute atomic E-state index is 0.324. The molecular weight excluding hydrogens is 248 g/mol. The summed E-state index contributed by atoms with van der Waals surface area (Å²) in [6, 6.07) is 6.64. The Morgan fingerprint density at radius 1 is 1.37 bits per heavy atom. The lowest BCUT2D eigenvalue weighted by Gasteiger charge is -2.10. The maximum absolute atomic E-state index is 12.1. The molecule has 0 amide bonds. The molecule has 0 atom stereocenters. The summed E-state index contributed by atoms with van der Waals surface area (Å²) in [6.07, 6.45) is 1.61. The fourth-order valence-corrected chi connectivity index (χ4v) is 2.08. The zero-order valence-corrected chi connectivity index (χ0v) is 10.5. The molecule has 0 saturated carbocycles. The fraction of sp³-hybridized carbons (Fsp3) is 0.308. The average molecular weight is 262 g/mol. The van der Waals surface area contributed by atoms with Gasteiger partial charge in [0.25, 0.3) is 0 Å². The fourth-order valence-electron chi connectivity index (χ4n) is 2.08.